The number of fused-ring (bicyclic) bond motifs is 1. The van der Waals surface area contributed by atoms with E-state index in [-0.39, 0.29) is 0 Å². The number of hydrogen-bond acceptors (Lipinski definition) is 4. The molecule has 114 valence electrons. The molecule has 1 spiro atoms. The van der Waals surface area contributed by atoms with Crippen LogP contribution < -0.4 is 10.6 Å². The minimum absolute atomic E-state index is 0.586. The van der Waals surface area contributed by atoms with E-state index < -0.39 is 0 Å². The molecule has 0 saturated carbocycles. The van der Waals surface area contributed by atoms with E-state index in [2.05, 4.69) is 27.5 Å². The van der Waals surface area contributed by atoms with Gasteiger partial charge in [0.25, 0.3) is 0 Å². The van der Waals surface area contributed by atoms with Crippen molar-refractivity contribution >= 4 is 0 Å². The summed E-state index contributed by atoms with van der Waals surface area (Å²) in [6, 6.07) is 0.763. The minimum atomic E-state index is 0.586. The van der Waals surface area contributed by atoms with E-state index in [1.807, 2.05) is 0 Å². The van der Waals surface area contributed by atoms with E-state index >= 15 is 0 Å². The van der Waals surface area contributed by atoms with Gasteiger partial charge in [-0.3, -0.25) is 0 Å². The molecular formula is C16H30N4. The van der Waals surface area contributed by atoms with E-state index in [0.29, 0.717) is 10.8 Å². The monoisotopic (exact) mass is 278 g/mol. The Morgan fingerprint density at radius 2 is 2.05 bits per heavy atom. The van der Waals surface area contributed by atoms with Gasteiger partial charge >= 0.3 is 0 Å². The normalized spacial score (nSPS) is 41.0. The van der Waals surface area contributed by atoms with Crippen molar-refractivity contribution in [2.75, 3.05) is 59.4 Å². The Kier molecular flexibility index (Phi) is 3.33. The van der Waals surface area contributed by atoms with Crippen LogP contribution in [0.3, 0.4) is 0 Å². The maximum Gasteiger partial charge on any atom is 0.0264 e. The maximum atomic E-state index is 3.74. The highest BCUT2D eigenvalue weighted by Gasteiger charge is 2.49. The second-order valence-corrected chi connectivity index (χ2v) is 8.06. The molecule has 4 rings (SSSR count). The topological polar surface area (TPSA) is 30.5 Å². The zero-order valence-electron chi connectivity index (χ0n) is 13.0. The van der Waals surface area contributed by atoms with Crippen LogP contribution in [-0.4, -0.2) is 75.2 Å². The van der Waals surface area contributed by atoms with Gasteiger partial charge in [-0.15, -0.1) is 0 Å². The standard InChI is InChI=1S/C16H30N4/c1-19-9-14-16(13-19,4-7-18-14)5-8-20-11-15(12-20)3-2-6-17-10-15/h14,17-18H,2-13H2,1H3/t14-,16-/m0/s1. The molecule has 0 aliphatic carbocycles. The number of nitrogens with one attached hydrogen (secondary N) is 2. The first-order valence-electron chi connectivity index (χ1n) is 8.55. The van der Waals surface area contributed by atoms with Gasteiger partial charge in [-0.25, -0.2) is 0 Å². The van der Waals surface area contributed by atoms with Gasteiger partial charge in [-0.2, -0.15) is 0 Å². The first kappa shape index (κ1) is 13.5. The fourth-order valence-electron chi connectivity index (χ4n) is 5.37. The van der Waals surface area contributed by atoms with Crippen molar-refractivity contribution in [1.29, 1.82) is 0 Å². The van der Waals surface area contributed by atoms with E-state index in [9.17, 15) is 0 Å². The Bertz CT molecular complexity index is 357. The smallest absolute Gasteiger partial charge is 0.0264 e. The number of piperidine rings is 1. The molecule has 4 heterocycles. The van der Waals surface area contributed by atoms with Crippen molar-refractivity contribution in [3.05, 3.63) is 0 Å². The van der Waals surface area contributed by atoms with Crippen LogP contribution in [0.25, 0.3) is 0 Å². The largest absolute Gasteiger partial charge is 0.316 e. The van der Waals surface area contributed by atoms with Gasteiger partial charge in [0.2, 0.25) is 0 Å². The third-order valence-corrected chi connectivity index (χ3v) is 6.44. The Morgan fingerprint density at radius 3 is 2.85 bits per heavy atom. The average molecular weight is 278 g/mol. The molecule has 4 aliphatic rings. The molecule has 4 aliphatic heterocycles. The molecule has 2 atom stereocenters. The van der Waals surface area contributed by atoms with Crippen LogP contribution in [-0.2, 0) is 0 Å². The number of rotatable bonds is 3. The summed E-state index contributed by atoms with van der Waals surface area (Å²) in [4.78, 5) is 5.24. The Hall–Kier alpha value is -0.160. The van der Waals surface area contributed by atoms with Gasteiger partial charge in [0.15, 0.2) is 0 Å². The van der Waals surface area contributed by atoms with Gasteiger partial charge in [-0.05, 0) is 52.4 Å². The molecular weight excluding hydrogens is 248 g/mol. The molecule has 0 bridgehead atoms. The molecule has 0 aromatic rings. The molecule has 0 amide bonds. The zero-order valence-corrected chi connectivity index (χ0v) is 13.0. The first-order valence-corrected chi connectivity index (χ1v) is 8.55. The summed E-state index contributed by atoms with van der Waals surface area (Å²) in [5.41, 5.74) is 1.23. The summed E-state index contributed by atoms with van der Waals surface area (Å²) in [5, 5.41) is 7.33. The first-order chi connectivity index (χ1) is 9.70. The van der Waals surface area contributed by atoms with Crippen LogP contribution in [0.5, 0.6) is 0 Å². The molecule has 4 nitrogen and oxygen atoms in total. The fraction of sp³-hybridized carbons (Fsp3) is 1.00. The van der Waals surface area contributed by atoms with Gasteiger partial charge < -0.3 is 20.4 Å². The number of likely N-dealkylation sites (tertiary alicyclic amines) is 2. The van der Waals surface area contributed by atoms with Crippen LogP contribution >= 0.6 is 0 Å². The Labute approximate surface area is 123 Å². The highest BCUT2D eigenvalue weighted by molar-refractivity contribution is 5.06. The quantitative estimate of drug-likeness (QED) is 0.780. The molecule has 4 fully saturated rings. The lowest BCUT2D eigenvalue weighted by Crippen LogP contribution is -2.62. The second kappa shape index (κ2) is 4.94. The van der Waals surface area contributed by atoms with Crippen LogP contribution in [0.15, 0.2) is 0 Å². The minimum Gasteiger partial charge on any atom is -0.316 e. The lowest BCUT2D eigenvalue weighted by Gasteiger charge is -2.53. The molecule has 4 heteroatoms. The summed E-state index contributed by atoms with van der Waals surface area (Å²) in [6.07, 6.45) is 5.63. The van der Waals surface area contributed by atoms with Crippen molar-refractivity contribution in [2.45, 2.75) is 31.7 Å². The lowest BCUT2D eigenvalue weighted by molar-refractivity contribution is -0.0242. The molecule has 0 radical (unpaired) electrons. The van der Waals surface area contributed by atoms with Gasteiger partial charge in [0.05, 0.1) is 0 Å². The third-order valence-electron chi connectivity index (χ3n) is 6.44. The van der Waals surface area contributed by atoms with Crippen molar-refractivity contribution in [3.8, 4) is 0 Å². The highest BCUT2D eigenvalue weighted by atomic mass is 15.2. The summed E-state index contributed by atoms with van der Waals surface area (Å²) in [5.74, 6) is 0. The predicted octanol–water partition coefficient (Wildman–Crippen LogP) is 0.356. The fourth-order valence-corrected chi connectivity index (χ4v) is 5.37. The number of hydrogen-bond donors (Lipinski definition) is 2. The Morgan fingerprint density at radius 1 is 1.15 bits per heavy atom. The molecule has 0 aromatic carbocycles. The molecule has 4 saturated heterocycles. The second-order valence-electron chi connectivity index (χ2n) is 8.06. The molecule has 2 N–H and O–H groups in total. The summed E-state index contributed by atoms with van der Waals surface area (Å²) in [7, 11) is 2.29. The van der Waals surface area contributed by atoms with E-state index in [4.69, 9.17) is 0 Å². The maximum absolute atomic E-state index is 3.74. The molecule has 0 aromatic heterocycles. The van der Waals surface area contributed by atoms with Gasteiger partial charge in [-0.1, -0.05) is 0 Å². The lowest BCUT2D eigenvalue weighted by atomic mass is 9.73. The zero-order chi connectivity index (χ0) is 13.6. The van der Waals surface area contributed by atoms with Crippen LogP contribution in [0.1, 0.15) is 25.7 Å². The van der Waals surface area contributed by atoms with Crippen molar-refractivity contribution in [3.63, 3.8) is 0 Å². The van der Waals surface area contributed by atoms with Crippen molar-refractivity contribution < 1.29 is 0 Å². The van der Waals surface area contributed by atoms with Gasteiger partial charge in [0.1, 0.15) is 0 Å². The molecule has 0 unspecified atom stereocenters. The third kappa shape index (κ3) is 2.21. The van der Waals surface area contributed by atoms with E-state index in [1.165, 1.54) is 78.0 Å². The SMILES string of the molecule is CN1C[C@@H]2NCC[C@]2(CCN2CC3(CCCNC3)C2)C1. The van der Waals surface area contributed by atoms with Crippen LogP contribution in [0.2, 0.25) is 0 Å². The van der Waals surface area contributed by atoms with E-state index in [0.717, 1.165) is 6.04 Å². The average Bonchev–Trinajstić information content (AvgIpc) is 2.91. The summed E-state index contributed by atoms with van der Waals surface area (Å²) < 4.78 is 0. The van der Waals surface area contributed by atoms with Crippen molar-refractivity contribution in [2.24, 2.45) is 10.8 Å². The number of nitrogens with zero attached hydrogens (tertiary/aromatic N) is 2. The highest BCUT2D eigenvalue weighted by Crippen LogP contribution is 2.42. The predicted molar refractivity (Wildman–Crippen MR) is 81.9 cm³/mol. The number of likely N-dealkylation sites (N-methyl/N-ethyl adjacent to an activating group) is 1. The van der Waals surface area contributed by atoms with Crippen molar-refractivity contribution in [1.82, 2.24) is 20.4 Å². The Balaban J connectivity index is 1.29. The van der Waals surface area contributed by atoms with E-state index in [1.54, 1.807) is 0 Å². The summed E-state index contributed by atoms with van der Waals surface area (Å²) >= 11 is 0. The summed E-state index contributed by atoms with van der Waals surface area (Å²) in [6.45, 7) is 10.3. The van der Waals surface area contributed by atoms with Crippen LogP contribution in [0.4, 0.5) is 0 Å². The van der Waals surface area contributed by atoms with Crippen LogP contribution in [0, 0.1) is 10.8 Å². The molecule has 20 heavy (non-hydrogen) atoms. The van der Waals surface area contributed by atoms with Gasteiger partial charge in [0, 0.05) is 49.6 Å².